The van der Waals surface area contributed by atoms with Crippen molar-refractivity contribution in [3.8, 4) is 11.4 Å². The summed E-state index contributed by atoms with van der Waals surface area (Å²) >= 11 is 10.3. The molecule has 10 heteroatoms. The molecule has 0 aliphatic heterocycles. The van der Waals surface area contributed by atoms with E-state index in [0.29, 0.717) is 20.9 Å². The Morgan fingerprint density at radius 1 is 1.32 bits per heavy atom. The summed E-state index contributed by atoms with van der Waals surface area (Å²) in [5.74, 6) is -0.348. The Morgan fingerprint density at radius 2 is 2.04 bits per heavy atom. The standard InChI is InChI=1S/C15H11BrClN3O3S2/c1-20-8-12(18-13(20)9-4-2-3-5-11(9)17)14(21)19-25(22,23)15-10(16)6-7-24-15/h2-8H,1H3,(H,19,21). The highest BCUT2D eigenvalue weighted by molar-refractivity contribution is 9.10. The number of nitrogens with zero attached hydrogens (tertiary/aromatic N) is 2. The number of hydrogen-bond acceptors (Lipinski definition) is 5. The molecule has 0 fully saturated rings. The molecule has 0 spiro atoms. The van der Waals surface area contributed by atoms with Gasteiger partial charge < -0.3 is 4.57 Å². The molecule has 0 radical (unpaired) electrons. The van der Waals surface area contributed by atoms with Crippen molar-refractivity contribution in [2.45, 2.75) is 4.21 Å². The van der Waals surface area contributed by atoms with E-state index >= 15 is 0 Å². The second kappa shape index (κ2) is 6.91. The molecule has 0 unspecified atom stereocenters. The Labute approximate surface area is 161 Å². The van der Waals surface area contributed by atoms with Crippen LogP contribution in [0.3, 0.4) is 0 Å². The lowest BCUT2D eigenvalue weighted by Crippen LogP contribution is -2.30. The molecule has 0 aliphatic rings. The molecule has 25 heavy (non-hydrogen) atoms. The van der Waals surface area contributed by atoms with Gasteiger partial charge in [-0.15, -0.1) is 11.3 Å². The smallest absolute Gasteiger partial charge is 0.285 e. The number of nitrogens with one attached hydrogen (secondary N) is 1. The molecule has 3 rings (SSSR count). The molecule has 0 saturated carbocycles. The number of carbonyl (C=O) groups excluding carboxylic acids is 1. The molecular weight excluding hydrogens is 450 g/mol. The first-order valence-corrected chi connectivity index (χ1v) is 10.4. The molecule has 1 N–H and O–H groups in total. The van der Waals surface area contributed by atoms with E-state index in [-0.39, 0.29) is 9.90 Å². The number of amides is 1. The molecule has 6 nitrogen and oxygen atoms in total. The van der Waals surface area contributed by atoms with Crippen LogP contribution in [0.4, 0.5) is 0 Å². The molecular formula is C15H11BrClN3O3S2. The summed E-state index contributed by atoms with van der Waals surface area (Å²) in [6.07, 6.45) is 1.45. The van der Waals surface area contributed by atoms with E-state index in [1.165, 1.54) is 6.20 Å². The predicted molar refractivity (Wildman–Crippen MR) is 100 cm³/mol. The minimum absolute atomic E-state index is 0.0197. The number of carbonyl (C=O) groups is 1. The number of aryl methyl sites for hydroxylation is 1. The van der Waals surface area contributed by atoms with Crippen molar-refractivity contribution in [1.29, 1.82) is 0 Å². The maximum atomic E-state index is 12.3. The molecule has 0 aliphatic carbocycles. The summed E-state index contributed by atoms with van der Waals surface area (Å²) in [5, 5.41) is 2.10. The number of benzene rings is 1. The molecule has 0 bridgehead atoms. The van der Waals surface area contributed by atoms with E-state index < -0.39 is 15.9 Å². The Hall–Kier alpha value is -1.68. The number of imidazole rings is 1. The van der Waals surface area contributed by atoms with Gasteiger partial charge >= 0.3 is 0 Å². The monoisotopic (exact) mass is 459 g/mol. The van der Waals surface area contributed by atoms with Crippen LogP contribution in [0.1, 0.15) is 10.5 Å². The molecule has 2 aromatic heterocycles. The zero-order valence-electron chi connectivity index (χ0n) is 12.7. The first kappa shape index (κ1) is 18.1. The van der Waals surface area contributed by atoms with Gasteiger partial charge in [-0.25, -0.2) is 18.1 Å². The maximum Gasteiger partial charge on any atom is 0.285 e. The van der Waals surface area contributed by atoms with Gasteiger partial charge in [0.25, 0.3) is 15.9 Å². The van der Waals surface area contributed by atoms with Crippen LogP contribution in [-0.2, 0) is 17.1 Å². The third-order valence-corrected chi connectivity index (χ3v) is 7.61. The van der Waals surface area contributed by atoms with Gasteiger partial charge in [-0.05, 0) is 39.5 Å². The largest absolute Gasteiger partial charge is 0.333 e. The fourth-order valence-electron chi connectivity index (χ4n) is 2.16. The molecule has 3 aromatic rings. The summed E-state index contributed by atoms with van der Waals surface area (Å²) < 4.78 is 28.7. The van der Waals surface area contributed by atoms with Crippen LogP contribution in [-0.4, -0.2) is 23.9 Å². The fraction of sp³-hybridized carbons (Fsp3) is 0.0667. The molecule has 0 atom stereocenters. The lowest BCUT2D eigenvalue weighted by atomic mass is 10.2. The van der Waals surface area contributed by atoms with Gasteiger partial charge in [-0.2, -0.15) is 0 Å². The first-order valence-electron chi connectivity index (χ1n) is 6.88. The van der Waals surface area contributed by atoms with E-state index in [4.69, 9.17) is 11.6 Å². The van der Waals surface area contributed by atoms with Crippen molar-refractivity contribution in [3.63, 3.8) is 0 Å². The Kier molecular flexibility index (Phi) is 5.01. The highest BCUT2D eigenvalue weighted by Crippen LogP contribution is 2.28. The van der Waals surface area contributed by atoms with Gasteiger partial charge in [0.2, 0.25) is 0 Å². The van der Waals surface area contributed by atoms with Crippen LogP contribution in [0.25, 0.3) is 11.4 Å². The van der Waals surface area contributed by atoms with Crippen LogP contribution in [0.5, 0.6) is 0 Å². The van der Waals surface area contributed by atoms with Gasteiger partial charge in [0.05, 0.1) is 5.02 Å². The second-order valence-electron chi connectivity index (χ2n) is 5.03. The van der Waals surface area contributed by atoms with Gasteiger partial charge in [0, 0.05) is 23.3 Å². The zero-order chi connectivity index (χ0) is 18.2. The van der Waals surface area contributed by atoms with E-state index in [1.54, 1.807) is 47.3 Å². The minimum Gasteiger partial charge on any atom is -0.333 e. The van der Waals surface area contributed by atoms with Crippen LogP contribution >= 0.6 is 38.9 Å². The number of hydrogen-bond donors (Lipinski definition) is 1. The number of halogens is 2. The van der Waals surface area contributed by atoms with Crippen molar-refractivity contribution in [2.75, 3.05) is 0 Å². The molecule has 1 aromatic carbocycles. The molecule has 2 heterocycles. The third kappa shape index (κ3) is 3.64. The average Bonchev–Trinajstić information content (AvgIpc) is 3.14. The van der Waals surface area contributed by atoms with Crippen LogP contribution in [0.15, 0.2) is 50.6 Å². The van der Waals surface area contributed by atoms with E-state index in [1.807, 2.05) is 4.72 Å². The van der Waals surface area contributed by atoms with Crippen molar-refractivity contribution < 1.29 is 13.2 Å². The maximum absolute atomic E-state index is 12.3. The normalized spacial score (nSPS) is 11.5. The van der Waals surface area contributed by atoms with Crippen LogP contribution in [0, 0.1) is 0 Å². The summed E-state index contributed by atoms with van der Waals surface area (Å²) in [7, 11) is -2.27. The Morgan fingerprint density at radius 3 is 2.68 bits per heavy atom. The van der Waals surface area contributed by atoms with Gasteiger partial charge in [0.1, 0.15) is 11.5 Å². The fourth-order valence-corrected chi connectivity index (χ4v) is 5.68. The average molecular weight is 461 g/mol. The summed E-state index contributed by atoms with van der Waals surface area (Å²) in [6, 6.07) is 8.66. The summed E-state index contributed by atoms with van der Waals surface area (Å²) in [6.45, 7) is 0. The van der Waals surface area contributed by atoms with Crippen molar-refractivity contribution in [2.24, 2.45) is 7.05 Å². The van der Waals surface area contributed by atoms with Crippen molar-refractivity contribution >= 4 is 54.8 Å². The highest BCUT2D eigenvalue weighted by Gasteiger charge is 2.24. The van der Waals surface area contributed by atoms with Crippen molar-refractivity contribution in [3.05, 3.63) is 57.1 Å². The Balaban J connectivity index is 1.91. The van der Waals surface area contributed by atoms with E-state index in [2.05, 4.69) is 20.9 Å². The van der Waals surface area contributed by atoms with Crippen molar-refractivity contribution in [1.82, 2.24) is 14.3 Å². The SMILES string of the molecule is Cn1cc(C(=O)NS(=O)(=O)c2sccc2Br)nc1-c1ccccc1Cl. The highest BCUT2D eigenvalue weighted by atomic mass is 79.9. The summed E-state index contributed by atoms with van der Waals surface area (Å²) in [4.78, 5) is 16.6. The second-order valence-corrected chi connectivity index (χ2v) is 9.09. The molecule has 1 amide bonds. The zero-order valence-corrected chi connectivity index (χ0v) is 16.7. The lowest BCUT2D eigenvalue weighted by Gasteiger charge is -2.04. The van der Waals surface area contributed by atoms with Gasteiger partial charge in [0.15, 0.2) is 4.21 Å². The first-order chi connectivity index (χ1) is 11.8. The number of thiophene rings is 1. The van der Waals surface area contributed by atoms with Gasteiger partial charge in [-0.3, -0.25) is 4.79 Å². The quantitative estimate of drug-likeness (QED) is 0.644. The van der Waals surface area contributed by atoms with Crippen LogP contribution in [0.2, 0.25) is 5.02 Å². The molecule has 130 valence electrons. The summed E-state index contributed by atoms with van der Waals surface area (Å²) in [5.41, 5.74) is 0.628. The van der Waals surface area contributed by atoms with E-state index in [9.17, 15) is 13.2 Å². The topological polar surface area (TPSA) is 81.1 Å². The number of rotatable bonds is 4. The van der Waals surface area contributed by atoms with E-state index in [0.717, 1.165) is 11.3 Å². The lowest BCUT2D eigenvalue weighted by molar-refractivity contribution is 0.0977. The number of sulfonamides is 1. The van der Waals surface area contributed by atoms with Gasteiger partial charge in [-0.1, -0.05) is 23.7 Å². The Bertz CT molecular complexity index is 1060. The molecule has 0 saturated heterocycles. The predicted octanol–water partition coefficient (Wildman–Crippen LogP) is 3.68. The minimum atomic E-state index is -3.97. The van der Waals surface area contributed by atoms with Crippen LogP contribution < -0.4 is 4.72 Å². The third-order valence-electron chi connectivity index (χ3n) is 3.28. The number of aromatic nitrogens is 2.